The highest BCUT2D eigenvalue weighted by Gasteiger charge is 2.48. The van der Waals surface area contributed by atoms with E-state index in [0.29, 0.717) is 17.9 Å². The van der Waals surface area contributed by atoms with Gasteiger partial charge in [0.05, 0.1) is 25.4 Å². The summed E-state index contributed by atoms with van der Waals surface area (Å²) in [6.07, 6.45) is 2.41. The number of anilines is 1. The Morgan fingerprint density at radius 1 is 1.14 bits per heavy atom. The van der Waals surface area contributed by atoms with Gasteiger partial charge in [-0.3, -0.25) is 9.78 Å². The number of carbonyl (C=O) groups is 1. The Labute approximate surface area is 200 Å². The number of methoxy groups -OCH3 is 1. The van der Waals surface area contributed by atoms with Gasteiger partial charge >= 0.3 is 6.18 Å². The number of hydrogen-bond donors (Lipinski definition) is 1. The summed E-state index contributed by atoms with van der Waals surface area (Å²) < 4.78 is 48.7. The Balaban J connectivity index is 1.53. The zero-order chi connectivity index (χ0) is 24.6. The Morgan fingerprint density at radius 3 is 2.71 bits per heavy atom. The molecule has 184 valence electrons. The van der Waals surface area contributed by atoms with E-state index in [1.54, 1.807) is 41.6 Å². The first-order valence-electron chi connectivity index (χ1n) is 11.6. The monoisotopic (exact) mass is 485 g/mol. The van der Waals surface area contributed by atoms with Crippen LogP contribution in [0.1, 0.15) is 65.3 Å². The van der Waals surface area contributed by atoms with E-state index in [9.17, 15) is 18.0 Å². The van der Waals surface area contributed by atoms with Crippen molar-refractivity contribution in [1.82, 2.24) is 19.7 Å². The van der Waals surface area contributed by atoms with Gasteiger partial charge in [0, 0.05) is 30.9 Å². The smallest absolute Gasteiger partial charge is 0.410 e. The number of amides is 1. The Morgan fingerprint density at radius 2 is 1.97 bits per heavy atom. The molecular weight excluding hydrogens is 459 g/mol. The van der Waals surface area contributed by atoms with Crippen molar-refractivity contribution in [3.8, 4) is 5.75 Å². The first-order chi connectivity index (χ1) is 16.9. The molecule has 3 aromatic rings. The highest BCUT2D eigenvalue weighted by molar-refractivity contribution is 5.99. The second-order valence-corrected chi connectivity index (χ2v) is 8.88. The highest BCUT2D eigenvalue weighted by Crippen LogP contribution is 2.46. The zero-order valence-electron chi connectivity index (χ0n) is 19.2. The lowest BCUT2D eigenvalue weighted by atomic mass is 9.94. The molecule has 1 amide bonds. The van der Waals surface area contributed by atoms with Crippen molar-refractivity contribution in [3.05, 3.63) is 71.7 Å². The molecule has 2 aliphatic rings. The minimum Gasteiger partial charge on any atom is -0.496 e. The van der Waals surface area contributed by atoms with E-state index in [2.05, 4.69) is 15.4 Å². The van der Waals surface area contributed by atoms with Gasteiger partial charge in [-0.05, 0) is 37.0 Å². The summed E-state index contributed by atoms with van der Waals surface area (Å²) in [6.45, 7) is 0.516. The molecule has 3 unspecified atom stereocenters. The average molecular weight is 486 g/mol. The number of rotatable bonds is 4. The van der Waals surface area contributed by atoms with Crippen molar-refractivity contribution >= 4 is 11.7 Å². The number of benzene rings is 1. The summed E-state index contributed by atoms with van der Waals surface area (Å²) in [5, 5.41) is 7.21. The second-order valence-electron chi connectivity index (χ2n) is 8.88. The van der Waals surface area contributed by atoms with Crippen molar-refractivity contribution in [3.63, 3.8) is 0 Å². The highest BCUT2D eigenvalue weighted by atomic mass is 19.4. The predicted molar refractivity (Wildman–Crippen MR) is 123 cm³/mol. The van der Waals surface area contributed by atoms with Crippen molar-refractivity contribution in [2.24, 2.45) is 0 Å². The van der Waals surface area contributed by atoms with Crippen LogP contribution >= 0.6 is 0 Å². The molecule has 0 aliphatic carbocycles. The van der Waals surface area contributed by atoms with Gasteiger partial charge in [0.1, 0.15) is 17.1 Å². The van der Waals surface area contributed by atoms with Gasteiger partial charge in [0.2, 0.25) is 0 Å². The van der Waals surface area contributed by atoms with Crippen molar-refractivity contribution in [2.75, 3.05) is 19.0 Å². The second kappa shape index (κ2) is 9.24. The van der Waals surface area contributed by atoms with Crippen LogP contribution in [0.4, 0.5) is 19.0 Å². The fraction of sp³-hybridized carbons (Fsp3) is 0.400. The number of likely N-dealkylation sites (tertiary alicyclic amines) is 1. The largest absolute Gasteiger partial charge is 0.496 e. The summed E-state index contributed by atoms with van der Waals surface area (Å²) in [5.74, 6) is 0.225. The molecule has 1 N–H and O–H groups in total. The minimum absolute atomic E-state index is 0.0787. The van der Waals surface area contributed by atoms with Gasteiger partial charge in [-0.2, -0.15) is 18.3 Å². The van der Waals surface area contributed by atoms with Crippen LogP contribution in [-0.4, -0.2) is 45.4 Å². The molecule has 0 spiro atoms. The lowest BCUT2D eigenvalue weighted by Crippen LogP contribution is -2.40. The Kier molecular flexibility index (Phi) is 6.12. The predicted octanol–water partition coefficient (Wildman–Crippen LogP) is 5.31. The molecule has 5 rings (SSSR count). The molecule has 3 atom stereocenters. The number of hydrogen-bond acceptors (Lipinski definition) is 5. The van der Waals surface area contributed by atoms with E-state index in [1.807, 2.05) is 12.1 Å². The lowest BCUT2D eigenvalue weighted by molar-refractivity contribution is -0.173. The van der Waals surface area contributed by atoms with E-state index >= 15 is 0 Å². The lowest BCUT2D eigenvalue weighted by Gasteiger charge is -2.37. The fourth-order valence-corrected chi connectivity index (χ4v) is 5.13. The molecule has 1 saturated heterocycles. The molecule has 0 bridgehead atoms. The van der Waals surface area contributed by atoms with Gasteiger partial charge in [-0.1, -0.05) is 24.3 Å². The van der Waals surface area contributed by atoms with E-state index in [-0.39, 0.29) is 29.8 Å². The van der Waals surface area contributed by atoms with Crippen LogP contribution < -0.4 is 10.1 Å². The SMILES string of the molecule is COc1ccccc1C1CC(C(F)(F)F)n2ncc(C(=O)N3CCCCC3c3cccnc3)c2N1. The summed E-state index contributed by atoms with van der Waals surface area (Å²) in [4.78, 5) is 19.7. The van der Waals surface area contributed by atoms with Gasteiger partial charge in [-0.25, -0.2) is 4.68 Å². The normalized spacial score (nSPS) is 22.3. The number of para-hydroxylation sites is 1. The molecule has 1 fully saturated rings. The number of nitrogens with zero attached hydrogens (tertiary/aromatic N) is 4. The standard InChI is InChI=1S/C25H26F3N5O2/c1-35-21-10-3-2-8-17(21)19-13-22(25(26,27)28)33-23(31-19)18(15-30-33)24(34)32-12-5-4-9-20(32)16-7-6-11-29-14-16/h2-3,6-8,10-11,14-15,19-20,22,31H,4-5,9,12-13H2,1H3. The topological polar surface area (TPSA) is 72.3 Å². The molecule has 10 heteroatoms. The van der Waals surface area contributed by atoms with E-state index < -0.39 is 18.3 Å². The third kappa shape index (κ3) is 4.33. The maximum absolute atomic E-state index is 14.1. The zero-order valence-corrected chi connectivity index (χ0v) is 19.2. The van der Waals surface area contributed by atoms with Crippen molar-refractivity contribution in [2.45, 2.75) is 50.0 Å². The number of halogens is 3. The molecule has 7 nitrogen and oxygen atoms in total. The van der Waals surface area contributed by atoms with Crippen LogP contribution in [0, 0.1) is 0 Å². The summed E-state index contributed by atoms with van der Waals surface area (Å²) >= 11 is 0. The summed E-state index contributed by atoms with van der Waals surface area (Å²) in [6, 6.07) is 7.95. The van der Waals surface area contributed by atoms with Crippen molar-refractivity contribution in [1.29, 1.82) is 0 Å². The summed E-state index contributed by atoms with van der Waals surface area (Å²) in [7, 11) is 1.48. The summed E-state index contributed by atoms with van der Waals surface area (Å²) in [5.41, 5.74) is 1.64. The van der Waals surface area contributed by atoms with E-state index in [4.69, 9.17) is 4.74 Å². The number of alkyl halides is 3. The minimum atomic E-state index is -4.53. The molecule has 4 heterocycles. The van der Waals surface area contributed by atoms with Crippen LogP contribution in [-0.2, 0) is 0 Å². The number of fused-ring (bicyclic) bond motifs is 1. The van der Waals surface area contributed by atoms with Gasteiger partial charge in [0.15, 0.2) is 6.04 Å². The van der Waals surface area contributed by atoms with Crippen LogP contribution in [0.25, 0.3) is 0 Å². The third-order valence-corrected chi connectivity index (χ3v) is 6.82. The Bertz CT molecular complexity index is 1200. The van der Waals surface area contributed by atoms with Crippen molar-refractivity contribution < 1.29 is 22.7 Å². The van der Waals surface area contributed by atoms with Gasteiger partial charge < -0.3 is 15.0 Å². The quantitative estimate of drug-likeness (QED) is 0.542. The third-order valence-electron chi connectivity index (χ3n) is 6.82. The maximum Gasteiger partial charge on any atom is 0.410 e. The number of aromatic nitrogens is 3. The van der Waals surface area contributed by atoms with Gasteiger partial charge in [-0.15, -0.1) is 0 Å². The van der Waals surface area contributed by atoms with Gasteiger partial charge in [0.25, 0.3) is 5.91 Å². The Hall–Kier alpha value is -3.56. The molecule has 0 radical (unpaired) electrons. The van der Waals surface area contributed by atoms with Crippen LogP contribution in [0.15, 0.2) is 55.0 Å². The van der Waals surface area contributed by atoms with E-state index in [0.717, 1.165) is 29.5 Å². The first-order valence-corrected chi connectivity index (χ1v) is 11.6. The number of piperidine rings is 1. The van der Waals surface area contributed by atoms with Crippen LogP contribution in [0.3, 0.4) is 0 Å². The molecule has 0 saturated carbocycles. The van der Waals surface area contributed by atoms with Crippen LogP contribution in [0.2, 0.25) is 0 Å². The van der Waals surface area contributed by atoms with Crippen LogP contribution in [0.5, 0.6) is 5.75 Å². The number of pyridine rings is 1. The number of carbonyl (C=O) groups excluding carboxylic acids is 1. The average Bonchev–Trinajstić information content (AvgIpc) is 3.31. The fourth-order valence-electron chi connectivity index (χ4n) is 5.13. The molecular formula is C25H26F3N5O2. The molecule has 35 heavy (non-hydrogen) atoms. The molecule has 1 aromatic carbocycles. The molecule has 2 aliphatic heterocycles. The number of nitrogens with one attached hydrogen (secondary N) is 1. The first kappa shape index (κ1) is 23.2. The van der Waals surface area contributed by atoms with E-state index in [1.165, 1.54) is 13.3 Å². The number of ether oxygens (including phenoxy) is 1. The maximum atomic E-state index is 14.1. The molecule has 2 aromatic heterocycles.